The number of hydrogen-bond acceptors (Lipinski definition) is 5. The first-order chi connectivity index (χ1) is 14.2. The molecule has 0 saturated carbocycles. The molecule has 2 aromatic carbocycles. The first-order valence-electron chi connectivity index (χ1n) is 9.12. The SMILES string of the molecule is O=C(Cc1ccccc1)n1nc(-c2cccnc2)nc1NCc1ccc(Cl)cc1. The van der Waals surface area contributed by atoms with E-state index < -0.39 is 0 Å². The van der Waals surface area contributed by atoms with Crippen molar-refractivity contribution in [3.63, 3.8) is 0 Å². The summed E-state index contributed by atoms with van der Waals surface area (Å²) < 4.78 is 1.32. The highest BCUT2D eigenvalue weighted by molar-refractivity contribution is 6.30. The second-order valence-electron chi connectivity index (χ2n) is 6.45. The van der Waals surface area contributed by atoms with Gasteiger partial charge in [-0.05, 0) is 35.4 Å². The molecule has 0 saturated heterocycles. The van der Waals surface area contributed by atoms with E-state index in [0.717, 1.165) is 16.7 Å². The van der Waals surface area contributed by atoms with E-state index in [9.17, 15) is 4.79 Å². The zero-order chi connectivity index (χ0) is 20.1. The number of hydrogen-bond donors (Lipinski definition) is 1. The number of rotatable bonds is 6. The number of nitrogens with one attached hydrogen (secondary N) is 1. The van der Waals surface area contributed by atoms with E-state index in [2.05, 4.69) is 20.4 Å². The molecule has 1 N–H and O–H groups in total. The summed E-state index contributed by atoms with van der Waals surface area (Å²) in [4.78, 5) is 21.6. The van der Waals surface area contributed by atoms with Gasteiger partial charge in [-0.25, -0.2) is 0 Å². The third kappa shape index (κ3) is 4.67. The predicted octanol–water partition coefficient (Wildman–Crippen LogP) is 4.49. The second kappa shape index (κ2) is 8.67. The van der Waals surface area contributed by atoms with Crippen LogP contribution >= 0.6 is 11.6 Å². The van der Waals surface area contributed by atoms with Crippen molar-refractivity contribution >= 4 is 23.5 Å². The fourth-order valence-electron chi connectivity index (χ4n) is 2.85. The van der Waals surface area contributed by atoms with Crippen LogP contribution in [-0.4, -0.2) is 25.7 Å². The summed E-state index contributed by atoms with van der Waals surface area (Å²) in [5.41, 5.74) is 2.68. The molecule has 0 spiro atoms. The van der Waals surface area contributed by atoms with Crippen molar-refractivity contribution in [1.82, 2.24) is 19.7 Å². The largest absolute Gasteiger partial charge is 0.350 e. The topological polar surface area (TPSA) is 72.7 Å². The van der Waals surface area contributed by atoms with Crippen molar-refractivity contribution in [1.29, 1.82) is 0 Å². The number of anilines is 1. The Hall–Kier alpha value is -3.51. The molecule has 0 amide bonds. The molecule has 4 rings (SSSR count). The van der Waals surface area contributed by atoms with Crippen LogP contribution in [0.1, 0.15) is 15.9 Å². The third-order valence-electron chi connectivity index (χ3n) is 4.33. The molecule has 0 atom stereocenters. The number of carbonyl (C=O) groups excluding carboxylic acids is 1. The van der Waals surface area contributed by atoms with Crippen molar-refractivity contribution < 1.29 is 4.79 Å². The van der Waals surface area contributed by atoms with Crippen LogP contribution in [0.5, 0.6) is 0 Å². The van der Waals surface area contributed by atoms with Gasteiger partial charge < -0.3 is 5.32 Å². The molecule has 7 heteroatoms. The average molecular weight is 404 g/mol. The monoisotopic (exact) mass is 403 g/mol. The van der Waals surface area contributed by atoms with Gasteiger partial charge in [-0.2, -0.15) is 9.67 Å². The van der Waals surface area contributed by atoms with Gasteiger partial charge >= 0.3 is 0 Å². The smallest absolute Gasteiger partial charge is 0.254 e. The normalized spacial score (nSPS) is 10.7. The van der Waals surface area contributed by atoms with Crippen molar-refractivity contribution in [3.8, 4) is 11.4 Å². The van der Waals surface area contributed by atoms with E-state index in [1.165, 1.54) is 4.68 Å². The highest BCUT2D eigenvalue weighted by atomic mass is 35.5. The van der Waals surface area contributed by atoms with Crippen molar-refractivity contribution in [2.24, 2.45) is 0 Å². The van der Waals surface area contributed by atoms with Crippen LogP contribution in [0.15, 0.2) is 79.1 Å². The maximum atomic E-state index is 12.9. The van der Waals surface area contributed by atoms with Gasteiger partial charge in [0, 0.05) is 29.5 Å². The number of nitrogens with zero attached hydrogens (tertiary/aromatic N) is 4. The highest BCUT2D eigenvalue weighted by Crippen LogP contribution is 2.18. The Morgan fingerprint density at radius 3 is 2.48 bits per heavy atom. The van der Waals surface area contributed by atoms with Gasteiger partial charge in [-0.1, -0.05) is 54.1 Å². The third-order valence-corrected chi connectivity index (χ3v) is 4.58. The first-order valence-corrected chi connectivity index (χ1v) is 9.50. The zero-order valence-corrected chi connectivity index (χ0v) is 16.3. The van der Waals surface area contributed by atoms with Crippen molar-refractivity contribution in [2.75, 3.05) is 5.32 Å². The Balaban J connectivity index is 1.61. The van der Waals surface area contributed by atoms with E-state index in [4.69, 9.17) is 11.6 Å². The van der Waals surface area contributed by atoms with Crippen LogP contribution in [0.25, 0.3) is 11.4 Å². The molecule has 6 nitrogen and oxygen atoms in total. The molecular weight excluding hydrogens is 386 g/mol. The number of benzene rings is 2. The predicted molar refractivity (Wildman–Crippen MR) is 113 cm³/mol. The Kier molecular flexibility index (Phi) is 5.63. The van der Waals surface area contributed by atoms with Gasteiger partial charge in [0.05, 0.1) is 6.42 Å². The van der Waals surface area contributed by atoms with Gasteiger partial charge in [0.2, 0.25) is 5.95 Å². The molecule has 0 fully saturated rings. The fourth-order valence-corrected chi connectivity index (χ4v) is 2.97. The molecular formula is C22H18ClN5O. The molecule has 0 radical (unpaired) electrons. The first kappa shape index (κ1) is 18.8. The Morgan fingerprint density at radius 2 is 1.76 bits per heavy atom. The summed E-state index contributed by atoms with van der Waals surface area (Å²) in [5, 5.41) is 8.32. The Morgan fingerprint density at radius 1 is 0.966 bits per heavy atom. The number of aromatic nitrogens is 4. The summed E-state index contributed by atoms with van der Waals surface area (Å²) in [7, 11) is 0. The van der Waals surface area contributed by atoms with Crippen molar-refractivity contribution in [2.45, 2.75) is 13.0 Å². The Labute approximate surface area is 173 Å². The van der Waals surface area contributed by atoms with E-state index in [1.807, 2.05) is 66.7 Å². The molecule has 0 aliphatic carbocycles. The van der Waals surface area contributed by atoms with Crippen molar-refractivity contribution in [3.05, 3.63) is 95.3 Å². The van der Waals surface area contributed by atoms with E-state index in [0.29, 0.717) is 23.3 Å². The van der Waals surface area contributed by atoms with Crippen LogP contribution in [0.4, 0.5) is 5.95 Å². The molecule has 2 aromatic heterocycles. The number of pyridine rings is 1. The van der Waals surface area contributed by atoms with Crippen LogP contribution in [0.3, 0.4) is 0 Å². The lowest BCUT2D eigenvalue weighted by Crippen LogP contribution is -2.18. The molecule has 4 aromatic rings. The number of halogens is 1. The van der Waals surface area contributed by atoms with Gasteiger partial charge in [-0.3, -0.25) is 9.78 Å². The van der Waals surface area contributed by atoms with Crippen LogP contribution in [0, 0.1) is 0 Å². The minimum Gasteiger partial charge on any atom is -0.350 e. The summed E-state index contributed by atoms with van der Waals surface area (Å²) in [6, 6.07) is 20.7. The van der Waals surface area contributed by atoms with Gasteiger partial charge in [0.15, 0.2) is 5.82 Å². The summed E-state index contributed by atoms with van der Waals surface area (Å²) >= 11 is 5.95. The maximum absolute atomic E-state index is 12.9. The minimum atomic E-state index is -0.169. The lowest BCUT2D eigenvalue weighted by Gasteiger charge is -2.07. The molecule has 2 heterocycles. The van der Waals surface area contributed by atoms with Gasteiger partial charge in [0.25, 0.3) is 5.91 Å². The maximum Gasteiger partial charge on any atom is 0.254 e. The standard InChI is InChI=1S/C22H18ClN5O/c23-19-10-8-17(9-11-19)14-25-22-26-21(18-7-4-12-24-15-18)27-28(22)20(29)13-16-5-2-1-3-6-16/h1-12,15H,13-14H2,(H,25,26,27). The van der Waals surface area contributed by atoms with E-state index >= 15 is 0 Å². The second-order valence-corrected chi connectivity index (χ2v) is 6.89. The molecule has 144 valence electrons. The minimum absolute atomic E-state index is 0.169. The summed E-state index contributed by atoms with van der Waals surface area (Å²) in [5.74, 6) is 0.662. The van der Waals surface area contributed by atoms with Crippen LogP contribution in [-0.2, 0) is 13.0 Å². The lowest BCUT2D eigenvalue weighted by atomic mass is 10.1. The molecule has 0 bridgehead atoms. The Bertz CT molecular complexity index is 1100. The average Bonchev–Trinajstić information content (AvgIpc) is 3.19. The van der Waals surface area contributed by atoms with Gasteiger partial charge in [-0.15, -0.1) is 5.10 Å². The fraction of sp³-hybridized carbons (Fsp3) is 0.0909. The number of carbonyl (C=O) groups is 1. The molecule has 0 aliphatic rings. The van der Waals surface area contributed by atoms with E-state index in [-0.39, 0.29) is 12.3 Å². The van der Waals surface area contributed by atoms with E-state index in [1.54, 1.807) is 12.4 Å². The zero-order valence-electron chi connectivity index (χ0n) is 15.5. The lowest BCUT2D eigenvalue weighted by molar-refractivity contribution is 0.0901. The summed E-state index contributed by atoms with van der Waals surface area (Å²) in [6.07, 6.45) is 3.58. The van der Waals surface area contributed by atoms with Crippen LogP contribution in [0.2, 0.25) is 5.02 Å². The molecule has 0 unspecified atom stereocenters. The van der Waals surface area contributed by atoms with Gasteiger partial charge in [0.1, 0.15) is 0 Å². The highest BCUT2D eigenvalue weighted by Gasteiger charge is 2.17. The molecule has 0 aliphatic heterocycles. The van der Waals surface area contributed by atoms with Crippen LogP contribution < -0.4 is 5.32 Å². The quantitative estimate of drug-likeness (QED) is 0.513. The summed E-state index contributed by atoms with van der Waals surface area (Å²) in [6.45, 7) is 0.487. The molecule has 29 heavy (non-hydrogen) atoms.